The van der Waals surface area contributed by atoms with E-state index >= 15 is 0 Å². The van der Waals surface area contributed by atoms with Crippen LogP contribution in [-0.2, 0) is 11.2 Å². The lowest BCUT2D eigenvalue weighted by Crippen LogP contribution is -2.51. The highest BCUT2D eigenvalue weighted by molar-refractivity contribution is 5.46. The maximum atomic E-state index is 11.4. The first kappa shape index (κ1) is 13.4. The zero-order valence-corrected chi connectivity index (χ0v) is 12.6. The first-order chi connectivity index (χ1) is 10.1. The van der Waals surface area contributed by atoms with Crippen molar-refractivity contribution in [3.05, 3.63) is 41.0 Å². The number of rotatable bonds is 1. The normalized spacial score (nSPS) is 37.3. The molecule has 0 saturated carbocycles. The molecule has 3 heteroatoms. The summed E-state index contributed by atoms with van der Waals surface area (Å²) in [4.78, 5) is 0. The Labute approximate surface area is 125 Å². The van der Waals surface area contributed by atoms with Gasteiger partial charge in [0.2, 0.25) is 0 Å². The second-order valence-electron chi connectivity index (χ2n) is 6.69. The van der Waals surface area contributed by atoms with E-state index in [-0.39, 0.29) is 11.8 Å². The Morgan fingerprint density at radius 2 is 2.19 bits per heavy atom. The lowest BCUT2D eigenvalue weighted by atomic mass is 9.59. The van der Waals surface area contributed by atoms with Gasteiger partial charge in [-0.15, -0.1) is 0 Å². The van der Waals surface area contributed by atoms with Gasteiger partial charge in [-0.25, -0.2) is 0 Å². The molecule has 0 unspecified atom stereocenters. The summed E-state index contributed by atoms with van der Waals surface area (Å²) >= 11 is 0. The van der Waals surface area contributed by atoms with Crippen LogP contribution in [0.1, 0.15) is 30.4 Å². The third-order valence-corrected chi connectivity index (χ3v) is 5.76. The molecule has 4 rings (SSSR count). The zero-order valence-electron chi connectivity index (χ0n) is 12.6. The Bertz CT molecular complexity index is 606. The second-order valence-corrected chi connectivity index (χ2v) is 6.69. The topological polar surface area (TPSA) is 38.7 Å². The molecule has 0 spiro atoms. The summed E-state index contributed by atoms with van der Waals surface area (Å²) in [6, 6.07) is 6.25. The van der Waals surface area contributed by atoms with Crippen molar-refractivity contribution in [3.8, 4) is 5.75 Å². The highest BCUT2D eigenvalue weighted by Crippen LogP contribution is 2.53. The van der Waals surface area contributed by atoms with Gasteiger partial charge in [0, 0.05) is 17.8 Å². The molecule has 3 nitrogen and oxygen atoms in total. The molecule has 0 bridgehead atoms. The molecule has 1 aromatic carbocycles. The smallest absolute Gasteiger partial charge is 0.119 e. The van der Waals surface area contributed by atoms with Crippen LogP contribution in [0.5, 0.6) is 5.75 Å². The van der Waals surface area contributed by atoms with Crippen molar-refractivity contribution >= 4 is 0 Å². The molecule has 0 amide bonds. The molecule has 1 heterocycles. The van der Waals surface area contributed by atoms with Gasteiger partial charge in [-0.2, -0.15) is 0 Å². The molecule has 1 fully saturated rings. The van der Waals surface area contributed by atoms with E-state index in [0.29, 0.717) is 12.5 Å². The lowest BCUT2D eigenvalue weighted by Gasteiger charge is -2.48. The minimum absolute atomic E-state index is 0.0927. The van der Waals surface area contributed by atoms with E-state index in [4.69, 9.17) is 9.47 Å². The van der Waals surface area contributed by atoms with Crippen molar-refractivity contribution in [2.45, 2.75) is 31.3 Å². The summed E-state index contributed by atoms with van der Waals surface area (Å²) in [6.45, 7) is 3.63. The first-order valence-corrected chi connectivity index (χ1v) is 7.79. The molecule has 0 aromatic heterocycles. The van der Waals surface area contributed by atoms with Crippen LogP contribution in [-0.4, -0.2) is 31.0 Å². The molecule has 2 aliphatic carbocycles. The van der Waals surface area contributed by atoms with Gasteiger partial charge in [-0.1, -0.05) is 17.7 Å². The summed E-state index contributed by atoms with van der Waals surface area (Å²) < 4.78 is 11.0. The maximum absolute atomic E-state index is 11.4. The van der Waals surface area contributed by atoms with Gasteiger partial charge >= 0.3 is 0 Å². The fourth-order valence-electron chi connectivity index (χ4n) is 4.52. The molecular weight excluding hydrogens is 264 g/mol. The molecule has 1 aliphatic heterocycles. The van der Waals surface area contributed by atoms with Crippen molar-refractivity contribution < 1.29 is 14.6 Å². The Kier molecular flexibility index (Phi) is 2.92. The van der Waals surface area contributed by atoms with Crippen LogP contribution in [0.25, 0.3) is 0 Å². The van der Waals surface area contributed by atoms with Gasteiger partial charge in [-0.05, 0) is 43.0 Å². The molecule has 21 heavy (non-hydrogen) atoms. The van der Waals surface area contributed by atoms with Crippen LogP contribution in [0.4, 0.5) is 0 Å². The van der Waals surface area contributed by atoms with Crippen molar-refractivity contribution in [3.63, 3.8) is 0 Å². The highest BCUT2D eigenvalue weighted by Gasteiger charge is 2.54. The summed E-state index contributed by atoms with van der Waals surface area (Å²) in [5.74, 6) is 1.63. The Morgan fingerprint density at radius 3 is 3.00 bits per heavy atom. The Morgan fingerprint density at radius 1 is 1.33 bits per heavy atom. The quantitative estimate of drug-likeness (QED) is 0.807. The van der Waals surface area contributed by atoms with Gasteiger partial charge in [-0.3, -0.25) is 0 Å². The van der Waals surface area contributed by atoms with Gasteiger partial charge in [0.1, 0.15) is 5.75 Å². The van der Waals surface area contributed by atoms with Crippen molar-refractivity contribution in [1.29, 1.82) is 0 Å². The standard InChI is InChI=1S/C18H22O3/c1-11-7-16-14-4-3-13(20-2)8-12(14)5-6-18(16,19)17-10-21-9-15(11)17/h3-4,7-8,15-17,19H,5-6,9-10H2,1-2H3/t15-,16-,17-,18+/m1/s1. The molecule has 1 aromatic rings. The fraction of sp³-hybridized carbons (Fsp3) is 0.556. The monoisotopic (exact) mass is 286 g/mol. The molecule has 3 aliphatic rings. The summed E-state index contributed by atoms with van der Waals surface area (Å²) in [7, 11) is 1.70. The fourth-order valence-corrected chi connectivity index (χ4v) is 4.52. The van der Waals surface area contributed by atoms with E-state index in [1.807, 2.05) is 6.07 Å². The maximum Gasteiger partial charge on any atom is 0.119 e. The number of ether oxygens (including phenoxy) is 2. The van der Waals surface area contributed by atoms with Crippen LogP contribution < -0.4 is 4.74 Å². The highest BCUT2D eigenvalue weighted by atomic mass is 16.5. The molecule has 1 N–H and O–H groups in total. The molecule has 0 radical (unpaired) electrons. The third kappa shape index (κ3) is 1.80. The van der Waals surface area contributed by atoms with E-state index in [1.165, 1.54) is 16.7 Å². The Balaban J connectivity index is 1.83. The number of hydrogen-bond donors (Lipinski definition) is 1. The number of aryl methyl sites for hydroxylation is 1. The van der Waals surface area contributed by atoms with Gasteiger partial charge in [0.05, 0.1) is 25.9 Å². The minimum Gasteiger partial charge on any atom is -0.497 e. The number of benzene rings is 1. The van der Waals surface area contributed by atoms with E-state index in [1.54, 1.807) is 7.11 Å². The Hall–Kier alpha value is -1.32. The average Bonchev–Trinajstić information content (AvgIpc) is 3.00. The van der Waals surface area contributed by atoms with Crippen LogP contribution in [0.15, 0.2) is 29.8 Å². The minimum atomic E-state index is -0.651. The van der Waals surface area contributed by atoms with Gasteiger partial charge < -0.3 is 14.6 Å². The van der Waals surface area contributed by atoms with Crippen LogP contribution >= 0.6 is 0 Å². The van der Waals surface area contributed by atoms with E-state index in [0.717, 1.165) is 25.2 Å². The van der Waals surface area contributed by atoms with Crippen LogP contribution in [0, 0.1) is 11.8 Å². The van der Waals surface area contributed by atoms with Crippen LogP contribution in [0.3, 0.4) is 0 Å². The SMILES string of the molecule is COc1ccc2c(c1)CC[C@]1(O)[C@@H]2C=C(C)[C@H]2COC[C@H]21. The molecule has 112 valence electrons. The summed E-state index contributed by atoms with van der Waals surface area (Å²) in [5.41, 5.74) is 3.29. The molecule has 1 saturated heterocycles. The van der Waals surface area contributed by atoms with E-state index < -0.39 is 5.60 Å². The number of fused-ring (bicyclic) bond motifs is 5. The van der Waals surface area contributed by atoms with Gasteiger partial charge in [0.25, 0.3) is 0 Å². The second kappa shape index (κ2) is 4.59. The van der Waals surface area contributed by atoms with Crippen molar-refractivity contribution in [2.24, 2.45) is 11.8 Å². The largest absolute Gasteiger partial charge is 0.497 e. The molecule has 4 atom stereocenters. The summed E-state index contributed by atoms with van der Waals surface area (Å²) in [6.07, 6.45) is 4.00. The van der Waals surface area contributed by atoms with Gasteiger partial charge in [0.15, 0.2) is 0 Å². The first-order valence-electron chi connectivity index (χ1n) is 7.79. The predicted octanol–water partition coefficient (Wildman–Crippen LogP) is 2.68. The number of aliphatic hydroxyl groups is 1. The zero-order chi connectivity index (χ0) is 14.6. The van der Waals surface area contributed by atoms with E-state index in [9.17, 15) is 5.11 Å². The third-order valence-electron chi connectivity index (χ3n) is 5.76. The van der Waals surface area contributed by atoms with Crippen molar-refractivity contribution in [2.75, 3.05) is 20.3 Å². The summed E-state index contributed by atoms with van der Waals surface area (Å²) in [5, 5.41) is 11.4. The van der Waals surface area contributed by atoms with Crippen molar-refractivity contribution in [1.82, 2.24) is 0 Å². The number of methoxy groups -OCH3 is 1. The lowest BCUT2D eigenvalue weighted by molar-refractivity contribution is -0.0596. The average molecular weight is 286 g/mol. The predicted molar refractivity (Wildman–Crippen MR) is 80.6 cm³/mol. The molecular formula is C18H22O3. The van der Waals surface area contributed by atoms with E-state index in [2.05, 4.69) is 25.1 Å². The van der Waals surface area contributed by atoms with Crippen LogP contribution in [0.2, 0.25) is 0 Å². The number of hydrogen-bond acceptors (Lipinski definition) is 3.